The summed E-state index contributed by atoms with van der Waals surface area (Å²) in [7, 11) is 1.98. The van der Waals surface area contributed by atoms with Crippen LogP contribution in [0.5, 0.6) is 0 Å². The first-order chi connectivity index (χ1) is 12.2. The number of aryl methyl sites for hydroxylation is 1. The zero-order chi connectivity index (χ0) is 17.2. The Bertz CT molecular complexity index is 885. The molecule has 9 nitrogen and oxygen atoms in total. The fourth-order valence-corrected chi connectivity index (χ4v) is 3.21. The molecule has 0 unspecified atom stereocenters. The summed E-state index contributed by atoms with van der Waals surface area (Å²) in [6.07, 6.45) is 3.82. The Morgan fingerprint density at radius 3 is 3.12 bits per heavy atom. The molecule has 3 aromatic rings. The number of anilines is 1. The molecule has 3 aromatic heterocycles. The molecular formula is C16H20N8O. The number of carbonyl (C=O) groups is 1. The third kappa shape index (κ3) is 3.17. The average Bonchev–Trinajstić information content (AvgIpc) is 3.27. The smallest absolute Gasteiger partial charge is 0.225 e. The first-order valence-electron chi connectivity index (χ1n) is 8.39. The number of aromatic nitrogens is 6. The van der Waals surface area contributed by atoms with Gasteiger partial charge in [0.2, 0.25) is 5.91 Å². The molecule has 4 heterocycles. The Hall–Kier alpha value is -2.97. The molecule has 9 heteroatoms. The molecule has 0 aromatic carbocycles. The van der Waals surface area contributed by atoms with Crippen molar-refractivity contribution >= 4 is 17.4 Å². The van der Waals surface area contributed by atoms with E-state index in [2.05, 4.69) is 30.8 Å². The quantitative estimate of drug-likeness (QED) is 0.738. The van der Waals surface area contributed by atoms with Crippen LogP contribution in [0.25, 0.3) is 5.65 Å². The van der Waals surface area contributed by atoms with Gasteiger partial charge in [0.1, 0.15) is 0 Å². The van der Waals surface area contributed by atoms with Crippen LogP contribution in [0, 0.1) is 5.92 Å². The summed E-state index contributed by atoms with van der Waals surface area (Å²) >= 11 is 0. The first-order valence-corrected chi connectivity index (χ1v) is 8.39. The fourth-order valence-electron chi connectivity index (χ4n) is 3.21. The molecule has 1 amide bonds. The Morgan fingerprint density at radius 1 is 1.36 bits per heavy atom. The standard InChI is InChI=1S/C16H20N8O/c1-22-8-3-5-13(22)10-17-16(25)12-4-2-9-23(11-12)15-7-6-14-18-20-21-24(14)19-15/h3,5-8,12H,2,4,9-11H2,1H3,(H,17,25)/t12-/m0/s1. The summed E-state index contributed by atoms with van der Waals surface area (Å²) in [5.41, 5.74) is 1.70. The lowest BCUT2D eigenvalue weighted by atomic mass is 9.97. The predicted molar refractivity (Wildman–Crippen MR) is 90.8 cm³/mol. The lowest BCUT2D eigenvalue weighted by Gasteiger charge is -2.32. The van der Waals surface area contributed by atoms with E-state index < -0.39 is 0 Å². The van der Waals surface area contributed by atoms with Crippen LogP contribution in [0.15, 0.2) is 30.5 Å². The van der Waals surface area contributed by atoms with Crippen molar-refractivity contribution in [3.05, 3.63) is 36.2 Å². The normalized spacial score (nSPS) is 17.8. The Morgan fingerprint density at radius 2 is 2.28 bits per heavy atom. The molecule has 130 valence electrons. The van der Waals surface area contributed by atoms with E-state index in [1.807, 2.05) is 42.1 Å². The van der Waals surface area contributed by atoms with Gasteiger partial charge in [-0.2, -0.15) is 0 Å². The topological polar surface area (TPSA) is 93.2 Å². The summed E-state index contributed by atoms with van der Waals surface area (Å²) in [5, 5.41) is 18.8. The van der Waals surface area contributed by atoms with Gasteiger partial charge < -0.3 is 14.8 Å². The van der Waals surface area contributed by atoms with Crippen molar-refractivity contribution in [1.82, 2.24) is 35.1 Å². The number of rotatable bonds is 4. The Kier molecular flexibility index (Phi) is 4.04. The van der Waals surface area contributed by atoms with Crippen LogP contribution in [0.2, 0.25) is 0 Å². The van der Waals surface area contributed by atoms with E-state index in [0.717, 1.165) is 30.9 Å². The van der Waals surface area contributed by atoms with Gasteiger partial charge in [-0.05, 0) is 47.5 Å². The van der Waals surface area contributed by atoms with E-state index in [1.165, 1.54) is 4.63 Å². The average molecular weight is 340 g/mol. The van der Waals surface area contributed by atoms with Crippen LogP contribution >= 0.6 is 0 Å². The van der Waals surface area contributed by atoms with Crippen molar-refractivity contribution < 1.29 is 4.79 Å². The highest BCUT2D eigenvalue weighted by atomic mass is 16.1. The highest BCUT2D eigenvalue weighted by molar-refractivity contribution is 5.79. The lowest BCUT2D eigenvalue weighted by Crippen LogP contribution is -2.43. The fraction of sp³-hybridized carbons (Fsp3) is 0.438. The number of tetrazole rings is 1. The Labute approximate surface area is 144 Å². The number of hydrogen-bond acceptors (Lipinski definition) is 6. The van der Waals surface area contributed by atoms with Gasteiger partial charge in [-0.15, -0.1) is 14.8 Å². The zero-order valence-electron chi connectivity index (χ0n) is 14.0. The molecule has 4 rings (SSSR count). The molecular weight excluding hydrogens is 320 g/mol. The maximum absolute atomic E-state index is 12.5. The predicted octanol–water partition coefficient (Wildman–Crippen LogP) is 0.391. The van der Waals surface area contributed by atoms with Gasteiger partial charge in [0.15, 0.2) is 11.5 Å². The second kappa shape index (κ2) is 6.50. The van der Waals surface area contributed by atoms with Crippen molar-refractivity contribution in [2.45, 2.75) is 19.4 Å². The van der Waals surface area contributed by atoms with Crippen LogP contribution in [-0.2, 0) is 18.4 Å². The highest BCUT2D eigenvalue weighted by Crippen LogP contribution is 2.21. The maximum Gasteiger partial charge on any atom is 0.225 e. The Balaban J connectivity index is 1.41. The SMILES string of the molecule is Cn1cccc1CNC(=O)[C@H]1CCCN(c2ccc3nnnn3n2)C1. The van der Waals surface area contributed by atoms with Crippen molar-refractivity contribution in [2.75, 3.05) is 18.0 Å². The zero-order valence-corrected chi connectivity index (χ0v) is 14.0. The molecule has 25 heavy (non-hydrogen) atoms. The second-order valence-corrected chi connectivity index (χ2v) is 6.33. The molecule has 1 atom stereocenters. The summed E-state index contributed by atoms with van der Waals surface area (Å²) in [6, 6.07) is 7.72. The van der Waals surface area contributed by atoms with Gasteiger partial charge in [-0.25, -0.2) is 0 Å². The molecule has 1 aliphatic rings. The summed E-state index contributed by atoms with van der Waals surface area (Å²) in [6.45, 7) is 2.08. The summed E-state index contributed by atoms with van der Waals surface area (Å²) < 4.78 is 3.42. The van der Waals surface area contributed by atoms with Crippen molar-refractivity contribution in [3.8, 4) is 0 Å². The second-order valence-electron chi connectivity index (χ2n) is 6.33. The number of piperidine rings is 1. The summed E-state index contributed by atoms with van der Waals surface area (Å²) in [4.78, 5) is 14.7. The van der Waals surface area contributed by atoms with Crippen molar-refractivity contribution in [1.29, 1.82) is 0 Å². The molecule has 0 bridgehead atoms. The van der Waals surface area contributed by atoms with Crippen LogP contribution < -0.4 is 10.2 Å². The van der Waals surface area contributed by atoms with Crippen molar-refractivity contribution in [3.63, 3.8) is 0 Å². The number of fused-ring (bicyclic) bond motifs is 1. The number of nitrogens with one attached hydrogen (secondary N) is 1. The highest BCUT2D eigenvalue weighted by Gasteiger charge is 2.26. The monoisotopic (exact) mass is 340 g/mol. The molecule has 1 fully saturated rings. The maximum atomic E-state index is 12.5. The van der Waals surface area contributed by atoms with E-state index in [4.69, 9.17) is 0 Å². The summed E-state index contributed by atoms with van der Waals surface area (Å²) in [5.74, 6) is 0.842. The lowest BCUT2D eigenvalue weighted by molar-refractivity contribution is -0.125. The van der Waals surface area contributed by atoms with Gasteiger partial charge >= 0.3 is 0 Å². The van der Waals surface area contributed by atoms with Crippen LogP contribution in [0.1, 0.15) is 18.5 Å². The van der Waals surface area contributed by atoms with Gasteiger partial charge in [0.25, 0.3) is 0 Å². The van der Waals surface area contributed by atoms with Crippen LogP contribution in [0.4, 0.5) is 5.82 Å². The van der Waals surface area contributed by atoms with Gasteiger partial charge in [-0.1, -0.05) is 0 Å². The van der Waals surface area contributed by atoms with Crippen molar-refractivity contribution in [2.24, 2.45) is 13.0 Å². The molecule has 1 saturated heterocycles. The van der Waals surface area contributed by atoms with E-state index >= 15 is 0 Å². The van der Waals surface area contributed by atoms with Gasteiger partial charge in [0.05, 0.1) is 12.5 Å². The third-order valence-electron chi connectivity index (χ3n) is 4.67. The minimum absolute atomic E-state index is 0.0413. The van der Waals surface area contributed by atoms with Gasteiger partial charge in [-0.3, -0.25) is 4.79 Å². The molecule has 0 aliphatic carbocycles. The third-order valence-corrected chi connectivity index (χ3v) is 4.67. The van der Waals surface area contributed by atoms with Crippen LogP contribution in [-0.4, -0.2) is 48.8 Å². The number of nitrogens with zero attached hydrogens (tertiary/aromatic N) is 7. The van der Waals surface area contributed by atoms with Gasteiger partial charge in [0, 0.05) is 32.0 Å². The van der Waals surface area contributed by atoms with E-state index in [-0.39, 0.29) is 11.8 Å². The van der Waals surface area contributed by atoms with E-state index in [1.54, 1.807) is 0 Å². The number of amides is 1. The minimum atomic E-state index is -0.0413. The molecule has 0 saturated carbocycles. The first kappa shape index (κ1) is 15.6. The number of hydrogen-bond donors (Lipinski definition) is 1. The number of carbonyl (C=O) groups excluding carboxylic acids is 1. The molecule has 0 radical (unpaired) electrons. The molecule has 1 aliphatic heterocycles. The largest absolute Gasteiger partial charge is 0.354 e. The molecule has 0 spiro atoms. The van der Waals surface area contributed by atoms with E-state index in [9.17, 15) is 4.79 Å². The minimum Gasteiger partial charge on any atom is -0.354 e. The van der Waals surface area contributed by atoms with Crippen LogP contribution in [0.3, 0.4) is 0 Å². The van der Waals surface area contributed by atoms with E-state index in [0.29, 0.717) is 18.7 Å². The molecule has 1 N–H and O–H groups in total.